The fourth-order valence-corrected chi connectivity index (χ4v) is 2.61. The van der Waals surface area contributed by atoms with Gasteiger partial charge in [-0.05, 0) is 42.5 Å². The predicted molar refractivity (Wildman–Crippen MR) is 82.2 cm³/mol. The van der Waals surface area contributed by atoms with Crippen molar-refractivity contribution in [2.75, 3.05) is 11.1 Å². The molecule has 104 valence electrons. The molecule has 0 saturated heterocycles. The first-order chi connectivity index (χ1) is 9.54. The van der Waals surface area contributed by atoms with Gasteiger partial charge >= 0.3 is 0 Å². The maximum atomic E-state index is 12.7. The molecule has 0 bridgehead atoms. The molecule has 0 aromatic heterocycles. The number of anilines is 1. The third kappa shape index (κ3) is 4.40. The summed E-state index contributed by atoms with van der Waals surface area (Å²) < 4.78 is 12.7. The first-order valence-corrected chi connectivity index (χ1v) is 7.42. The van der Waals surface area contributed by atoms with Gasteiger partial charge in [-0.25, -0.2) is 4.39 Å². The van der Waals surface area contributed by atoms with Gasteiger partial charge in [0.2, 0.25) is 5.91 Å². The molecule has 6 heteroatoms. The van der Waals surface area contributed by atoms with Crippen LogP contribution in [-0.4, -0.2) is 11.7 Å². The molecule has 0 spiro atoms. The summed E-state index contributed by atoms with van der Waals surface area (Å²) in [5, 5.41) is 3.59. The highest BCUT2D eigenvalue weighted by molar-refractivity contribution is 8.00. The first-order valence-electron chi connectivity index (χ1n) is 5.68. The number of nitrogens with one attached hydrogen (secondary N) is 1. The van der Waals surface area contributed by atoms with E-state index in [0.29, 0.717) is 15.7 Å². The van der Waals surface area contributed by atoms with E-state index >= 15 is 0 Å². The molecule has 0 saturated carbocycles. The Labute approximate surface area is 130 Å². The lowest BCUT2D eigenvalue weighted by atomic mass is 10.3. The Morgan fingerprint density at radius 1 is 1.15 bits per heavy atom. The zero-order valence-electron chi connectivity index (χ0n) is 10.2. The summed E-state index contributed by atoms with van der Waals surface area (Å²) in [5.74, 6) is -0.278. The molecule has 0 radical (unpaired) electrons. The van der Waals surface area contributed by atoms with Crippen LogP contribution in [-0.2, 0) is 4.79 Å². The number of carbonyl (C=O) groups excluding carboxylic acids is 1. The number of hydrogen-bond donors (Lipinski definition) is 1. The number of thioether (sulfide) groups is 1. The second-order valence-corrected chi connectivity index (χ2v) is 5.81. The van der Waals surface area contributed by atoms with E-state index in [4.69, 9.17) is 23.2 Å². The van der Waals surface area contributed by atoms with E-state index in [-0.39, 0.29) is 17.5 Å². The van der Waals surface area contributed by atoms with E-state index in [2.05, 4.69) is 5.32 Å². The molecule has 0 heterocycles. The summed E-state index contributed by atoms with van der Waals surface area (Å²) in [7, 11) is 0. The molecule has 0 atom stereocenters. The van der Waals surface area contributed by atoms with Crippen molar-refractivity contribution in [2.24, 2.45) is 0 Å². The Hall–Kier alpha value is -1.23. The van der Waals surface area contributed by atoms with Gasteiger partial charge in [0.05, 0.1) is 16.5 Å². The van der Waals surface area contributed by atoms with Crippen molar-refractivity contribution in [3.05, 3.63) is 58.3 Å². The lowest BCUT2D eigenvalue weighted by Crippen LogP contribution is -2.14. The van der Waals surface area contributed by atoms with Gasteiger partial charge in [0.25, 0.3) is 0 Å². The van der Waals surface area contributed by atoms with Gasteiger partial charge in [-0.3, -0.25) is 4.79 Å². The summed E-state index contributed by atoms with van der Waals surface area (Å²) >= 11 is 13.1. The highest BCUT2D eigenvalue weighted by atomic mass is 35.5. The van der Waals surface area contributed by atoms with E-state index in [9.17, 15) is 9.18 Å². The van der Waals surface area contributed by atoms with Crippen LogP contribution in [0.3, 0.4) is 0 Å². The molecule has 0 aliphatic heterocycles. The number of amides is 1. The fourth-order valence-electron chi connectivity index (χ4n) is 1.46. The minimum absolute atomic E-state index is 0.191. The average Bonchev–Trinajstić information content (AvgIpc) is 2.41. The molecule has 0 aliphatic rings. The SMILES string of the molecule is O=C(CSc1ccc(F)cc1)Nc1ccc(Cl)cc1Cl. The molecule has 1 amide bonds. The molecular weight excluding hydrogens is 320 g/mol. The van der Waals surface area contributed by atoms with Crippen molar-refractivity contribution in [1.82, 2.24) is 0 Å². The van der Waals surface area contributed by atoms with Gasteiger partial charge in [-0.1, -0.05) is 23.2 Å². The summed E-state index contributed by atoms with van der Waals surface area (Å²) in [4.78, 5) is 12.6. The second-order valence-electron chi connectivity index (χ2n) is 3.91. The number of halogens is 3. The third-order valence-electron chi connectivity index (χ3n) is 2.39. The van der Waals surface area contributed by atoms with Crippen molar-refractivity contribution in [2.45, 2.75) is 4.90 Å². The predicted octanol–water partition coefficient (Wildman–Crippen LogP) is 4.86. The standard InChI is InChI=1S/C14H10Cl2FNOS/c15-9-1-6-13(12(16)7-9)18-14(19)8-20-11-4-2-10(17)3-5-11/h1-7H,8H2,(H,18,19). The molecule has 2 rings (SSSR count). The van der Waals surface area contributed by atoms with E-state index in [1.165, 1.54) is 23.9 Å². The number of rotatable bonds is 4. The summed E-state index contributed by atoms with van der Waals surface area (Å²) in [6.07, 6.45) is 0. The van der Waals surface area contributed by atoms with Crippen molar-refractivity contribution >= 4 is 46.6 Å². The van der Waals surface area contributed by atoms with Crippen LogP contribution in [0.25, 0.3) is 0 Å². The van der Waals surface area contributed by atoms with Crippen molar-refractivity contribution in [3.8, 4) is 0 Å². The largest absolute Gasteiger partial charge is 0.324 e. The highest BCUT2D eigenvalue weighted by Crippen LogP contribution is 2.26. The van der Waals surface area contributed by atoms with E-state index in [1.807, 2.05) is 0 Å². The topological polar surface area (TPSA) is 29.1 Å². The smallest absolute Gasteiger partial charge is 0.234 e. The Morgan fingerprint density at radius 3 is 2.50 bits per heavy atom. The third-order valence-corrected chi connectivity index (χ3v) is 3.95. The van der Waals surface area contributed by atoms with Crippen LogP contribution >= 0.6 is 35.0 Å². The second kappa shape index (κ2) is 6.97. The zero-order chi connectivity index (χ0) is 14.5. The van der Waals surface area contributed by atoms with Gasteiger partial charge in [0.1, 0.15) is 5.82 Å². The molecule has 1 N–H and O–H groups in total. The lowest BCUT2D eigenvalue weighted by Gasteiger charge is -2.07. The highest BCUT2D eigenvalue weighted by Gasteiger charge is 2.07. The Balaban J connectivity index is 1.90. The van der Waals surface area contributed by atoms with Crippen LogP contribution in [0.4, 0.5) is 10.1 Å². The van der Waals surface area contributed by atoms with Crippen molar-refractivity contribution < 1.29 is 9.18 Å². The number of benzene rings is 2. The quantitative estimate of drug-likeness (QED) is 0.811. The maximum absolute atomic E-state index is 12.7. The molecule has 0 aliphatic carbocycles. The van der Waals surface area contributed by atoms with Crippen LogP contribution in [0, 0.1) is 5.82 Å². The number of carbonyl (C=O) groups is 1. The van der Waals surface area contributed by atoms with E-state index < -0.39 is 0 Å². The molecule has 2 aromatic carbocycles. The van der Waals surface area contributed by atoms with E-state index in [0.717, 1.165) is 4.90 Å². The normalized spacial score (nSPS) is 10.3. The van der Waals surface area contributed by atoms with Gasteiger partial charge in [-0.2, -0.15) is 0 Å². The molecule has 2 nitrogen and oxygen atoms in total. The van der Waals surface area contributed by atoms with Crippen molar-refractivity contribution in [3.63, 3.8) is 0 Å². The van der Waals surface area contributed by atoms with Crippen LogP contribution in [0.15, 0.2) is 47.4 Å². The number of hydrogen-bond acceptors (Lipinski definition) is 2. The maximum Gasteiger partial charge on any atom is 0.234 e. The van der Waals surface area contributed by atoms with Gasteiger partial charge < -0.3 is 5.32 Å². The van der Waals surface area contributed by atoms with Gasteiger partial charge in [0, 0.05) is 9.92 Å². The van der Waals surface area contributed by atoms with Crippen molar-refractivity contribution in [1.29, 1.82) is 0 Å². The fraction of sp³-hybridized carbons (Fsp3) is 0.0714. The molecule has 0 unspecified atom stereocenters. The minimum atomic E-state index is -0.299. The monoisotopic (exact) mass is 329 g/mol. The summed E-state index contributed by atoms with van der Waals surface area (Å²) in [5.41, 5.74) is 0.515. The van der Waals surface area contributed by atoms with Crippen LogP contribution in [0.2, 0.25) is 10.0 Å². The summed E-state index contributed by atoms with van der Waals surface area (Å²) in [6, 6.07) is 10.8. The molecule has 20 heavy (non-hydrogen) atoms. The van der Waals surface area contributed by atoms with Gasteiger partial charge in [-0.15, -0.1) is 11.8 Å². The average molecular weight is 330 g/mol. The van der Waals surface area contributed by atoms with Crippen LogP contribution in [0.1, 0.15) is 0 Å². The Morgan fingerprint density at radius 2 is 1.85 bits per heavy atom. The Kier molecular flexibility index (Phi) is 5.29. The Bertz CT molecular complexity index is 619. The molecule has 0 fully saturated rings. The van der Waals surface area contributed by atoms with Crippen LogP contribution in [0.5, 0.6) is 0 Å². The summed E-state index contributed by atoms with van der Waals surface area (Å²) in [6.45, 7) is 0. The first kappa shape index (κ1) is 15.2. The lowest BCUT2D eigenvalue weighted by molar-refractivity contribution is -0.113. The molecule has 2 aromatic rings. The molecular formula is C14H10Cl2FNOS. The van der Waals surface area contributed by atoms with Gasteiger partial charge in [0.15, 0.2) is 0 Å². The minimum Gasteiger partial charge on any atom is -0.324 e. The van der Waals surface area contributed by atoms with E-state index in [1.54, 1.807) is 30.3 Å². The van der Waals surface area contributed by atoms with Crippen LogP contribution < -0.4 is 5.32 Å². The zero-order valence-corrected chi connectivity index (χ0v) is 12.5.